The van der Waals surface area contributed by atoms with Crippen LogP contribution in [0.25, 0.3) is 0 Å². The zero-order valence-corrected chi connectivity index (χ0v) is 13.0. The van der Waals surface area contributed by atoms with Crippen molar-refractivity contribution in [1.82, 2.24) is 0 Å². The number of aliphatic hydroxyl groups is 1. The molecule has 2 aromatic rings. The van der Waals surface area contributed by atoms with Crippen LogP contribution in [0.2, 0.25) is 0 Å². The highest BCUT2D eigenvalue weighted by Crippen LogP contribution is 2.36. The first-order valence-electron chi connectivity index (χ1n) is 6.59. The van der Waals surface area contributed by atoms with Crippen molar-refractivity contribution in [1.29, 1.82) is 0 Å². The van der Waals surface area contributed by atoms with Gasteiger partial charge in [-0.1, -0.05) is 34.1 Å². The zero-order chi connectivity index (χ0) is 14.8. The fourth-order valence-corrected chi connectivity index (χ4v) is 2.86. The lowest BCUT2D eigenvalue weighted by atomic mass is 10.0. The Morgan fingerprint density at radius 2 is 2.00 bits per heavy atom. The molecule has 0 saturated heterocycles. The minimum atomic E-state index is -0.793. The summed E-state index contributed by atoms with van der Waals surface area (Å²) in [6, 6.07) is 12.9. The molecule has 5 heteroatoms. The first-order chi connectivity index (χ1) is 10.2. The lowest BCUT2D eigenvalue weighted by Crippen LogP contribution is -2.35. The van der Waals surface area contributed by atoms with Crippen molar-refractivity contribution in [3.63, 3.8) is 0 Å². The van der Waals surface area contributed by atoms with Gasteiger partial charge in [0.15, 0.2) is 17.6 Å². The quantitative estimate of drug-likeness (QED) is 0.922. The average molecular weight is 351 g/mol. The van der Waals surface area contributed by atoms with E-state index in [1.165, 1.54) is 0 Å². The molecule has 110 valence electrons. The first-order valence-corrected chi connectivity index (χ1v) is 7.38. The van der Waals surface area contributed by atoms with Crippen LogP contribution < -0.4 is 14.2 Å². The number of benzene rings is 2. The van der Waals surface area contributed by atoms with E-state index in [1.54, 1.807) is 13.2 Å². The van der Waals surface area contributed by atoms with Gasteiger partial charge in [0.05, 0.1) is 7.11 Å². The normalized spacial score (nSPS) is 18.1. The Bertz CT molecular complexity index is 644. The molecule has 1 N–H and O–H groups in total. The van der Waals surface area contributed by atoms with Crippen LogP contribution in [0.1, 0.15) is 11.7 Å². The van der Waals surface area contributed by atoms with Gasteiger partial charge >= 0.3 is 0 Å². The van der Waals surface area contributed by atoms with E-state index in [-0.39, 0.29) is 0 Å². The predicted octanol–water partition coefficient (Wildman–Crippen LogP) is 3.33. The highest BCUT2D eigenvalue weighted by atomic mass is 79.9. The number of methoxy groups -OCH3 is 1. The number of aliphatic hydroxyl groups excluding tert-OH is 1. The molecule has 3 rings (SSSR count). The van der Waals surface area contributed by atoms with Crippen LogP contribution in [-0.2, 0) is 0 Å². The molecule has 2 aromatic carbocycles. The van der Waals surface area contributed by atoms with Crippen molar-refractivity contribution in [3.8, 4) is 17.2 Å². The molecule has 0 fully saturated rings. The molecule has 0 saturated carbocycles. The molecule has 0 spiro atoms. The number of hydrogen-bond acceptors (Lipinski definition) is 4. The van der Waals surface area contributed by atoms with Crippen LogP contribution in [0.3, 0.4) is 0 Å². The van der Waals surface area contributed by atoms with E-state index in [0.29, 0.717) is 18.1 Å². The van der Waals surface area contributed by atoms with Crippen molar-refractivity contribution in [2.24, 2.45) is 0 Å². The van der Waals surface area contributed by atoms with Gasteiger partial charge in [0.2, 0.25) is 0 Å². The van der Waals surface area contributed by atoms with Gasteiger partial charge in [0, 0.05) is 4.47 Å². The second kappa shape index (κ2) is 5.95. The zero-order valence-electron chi connectivity index (χ0n) is 11.5. The summed E-state index contributed by atoms with van der Waals surface area (Å²) in [7, 11) is 1.60. The van der Waals surface area contributed by atoms with Gasteiger partial charge in [-0.15, -0.1) is 0 Å². The molecule has 0 aromatic heterocycles. The molecule has 21 heavy (non-hydrogen) atoms. The van der Waals surface area contributed by atoms with Crippen LogP contribution in [0.4, 0.5) is 0 Å². The minimum Gasteiger partial charge on any atom is -0.497 e. The van der Waals surface area contributed by atoms with Crippen LogP contribution in [0.5, 0.6) is 17.2 Å². The fourth-order valence-electron chi connectivity index (χ4n) is 2.27. The Kier molecular flexibility index (Phi) is 4.03. The molecule has 1 heterocycles. The molecule has 0 amide bonds. The molecule has 2 atom stereocenters. The first kappa shape index (κ1) is 14.2. The molecule has 0 radical (unpaired) electrons. The number of para-hydroxylation sites is 2. The summed E-state index contributed by atoms with van der Waals surface area (Å²) in [5.74, 6) is 2.08. The molecule has 4 nitrogen and oxygen atoms in total. The van der Waals surface area contributed by atoms with Gasteiger partial charge in [0.1, 0.15) is 18.5 Å². The largest absolute Gasteiger partial charge is 0.497 e. The van der Waals surface area contributed by atoms with Gasteiger partial charge in [-0.25, -0.2) is 0 Å². The monoisotopic (exact) mass is 350 g/mol. The van der Waals surface area contributed by atoms with Gasteiger partial charge < -0.3 is 19.3 Å². The fraction of sp³-hybridized carbons (Fsp3) is 0.250. The topological polar surface area (TPSA) is 47.9 Å². The van der Waals surface area contributed by atoms with Gasteiger partial charge in [-0.2, -0.15) is 0 Å². The standard InChI is InChI=1S/C16H15BrO4/c1-19-10-6-7-11(12(17)8-10)16(18)15-9-20-13-4-2-3-5-14(13)21-15/h2-8,15-16,18H,9H2,1H3. The molecular weight excluding hydrogens is 336 g/mol. The maximum Gasteiger partial charge on any atom is 0.163 e. The summed E-state index contributed by atoms with van der Waals surface area (Å²) in [5, 5.41) is 10.5. The van der Waals surface area contributed by atoms with E-state index in [0.717, 1.165) is 15.8 Å². The summed E-state index contributed by atoms with van der Waals surface area (Å²) in [4.78, 5) is 0. The molecule has 2 unspecified atom stereocenters. The van der Waals surface area contributed by atoms with Crippen molar-refractivity contribution >= 4 is 15.9 Å². The molecule has 0 aliphatic carbocycles. The number of ether oxygens (including phenoxy) is 3. The third kappa shape index (κ3) is 2.84. The number of fused-ring (bicyclic) bond motifs is 1. The third-order valence-electron chi connectivity index (χ3n) is 3.41. The van der Waals surface area contributed by atoms with E-state index in [4.69, 9.17) is 14.2 Å². The molecular formula is C16H15BrO4. The van der Waals surface area contributed by atoms with Gasteiger partial charge in [-0.05, 0) is 29.8 Å². The number of rotatable bonds is 3. The highest BCUT2D eigenvalue weighted by molar-refractivity contribution is 9.10. The summed E-state index contributed by atoms with van der Waals surface area (Å²) >= 11 is 3.45. The maximum absolute atomic E-state index is 10.5. The summed E-state index contributed by atoms with van der Waals surface area (Å²) in [6.45, 7) is 0.302. The van der Waals surface area contributed by atoms with E-state index in [9.17, 15) is 5.11 Å². The van der Waals surface area contributed by atoms with Gasteiger partial charge in [0.25, 0.3) is 0 Å². The van der Waals surface area contributed by atoms with Crippen LogP contribution >= 0.6 is 15.9 Å². The Balaban J connectivity index is 1.82. The van der Waals surface area contributed by atoms with E-state index in [2.05, 4.69) is 15.9 Å². The predicted molar refractivity (Wildman–Crippen MR) is 82.0 cm³/mol. The van der Waals surface area contributed by atoms with E-state index in [1.807, 2.05) is 36.4 Å². The van der Waals surface area contributed by atoms with E-state index < -0.39 is 12.2 Å². The summed E-state index contributed by atoms with van der Waals surface area (Å²) in [6.07, 6.45) is -1.25. The molecule has 1 aliphatic rings. The smallest absolute Gasteiger partial charge is 0.163 e. The lowest BCUT2D eigenvalue weighted by molar-refractivity contribution is -0.0116. The summed E-state index contributed by atoms with van der Waals surface area (Å²) < 4.78 is 17.4. The van der Waals surface area contributed by atoms with Crippen molar-refractivity contribution in [2.75, 3.05) is 13.7 Å². The van der Waals surface area contributed by atoms with Crippen LogP contribution in [-0.4, -0.2) is 24.9 Å². The third-order valence-corrected chi connectivity index (χ3v) is 4.10. The molecule has 1 aliphatic heterocycles. The highest BCUT2D eigenvalue weighted by Gasteiger charge is 2.29. The number of halogens is 1. The van der Waals surface area contributed by atoms with Crippen LogP contribution in [0, 0.1) is 0 Å². The van der Waals surface area contributed by atoms with Crippen molar-refractivity contribution in [3.05, 3.63) is 52.5 Å². The Labute approximate surface area is 131 Å². The Hall–Kier alpha value is -1.72. The summed E-state index contributed by atoms with van der Waals surface area (Å²) in [5.41, 5.74) is 0.740. The van der Waals surface area contributed by atoms with Gasteiger partial charge in [-0.3, -0.25) is 0 Å². The average Bonchev–Trinajstić information content (AvgIpc) is 2.53. The Morgan fingerprint density at radius 1 is 1.24 bits per heavy atom. The number of hydrogen-bond donors (Lipinski definition) is 1. The second-order valence-electron chi connectivity index (χ2n) is 4.75. The van der Waals surface area contributed by atoms with Crippen molar-refractivity contribution < 1.29 is 19.3 Å². The minimum absolute atomic E-state index is 0.302. The molecule has 0 bridgehead atoms. The van der Waals surface area contributed by atoms with Crippen LogP contribution in [0.15, 0.2) is 46.9 Å². The SMILES string of the molecule is COc1ccc(C(O)C2COc3ccccc3O2)c(Br)c1. The van der Waals surface area contributed by atoms with Crippen molar-refractivity contribution in [2.45, 2.75) is 12.2 Å². The Morgan fingerprint density at radius 3 is 2.71 bits per heavy atom. The second-order valence-corrected chi connectivity index (χ2v) is 5.60. The maximum atomic E-state index is 10.5. The lowest BCUT2D eigenvalue weighted by Gasteiger charge is -2.30. The van der Waals surface area contributed by atoms with E-state index >= 15 is 0 Å².